The number of para-hydroxylation sites is 2. The molecule has 5 rings (SSSR count). The van der Waals surface area contributed by atoms with Crippen LogP contribution in [0.4, 0.5) is 0 Å². The Bertz CT molecular complexity index is 1200. The van der Waals surface area contributed by atoms with E-state index in [-0.39, 0.29) is 35.6 Å². The van der Waals surface area contributed by atoms with Crippen molar-refractivity contribution in [3.63, 3.8) is 0 Å². The Morgan fingerprint density at radius 2 is 1.95 bits per heavy atom. The molecule has 216 valence electrons. The van der Waals surface area contributed by atoms with Crippen molar-refractivity contribution in [2.45, 2.75) is 77.3 Å². The third kappa shape index (κ3) is 6.57. The molecule has 0 unspecified atom stereocenters. The Kier molecular flexibility index (Phi) is 8.88. The molecule has 0 bridgehead atoms. The van der Waals surface area contributed by atoms with Gasteiger partial charge < -0.3 is 25.3 Å². The minimum Gasteiger partial charge on any atom is -0.381 e. The van der Waals surface area contributed by atoms with E-state index in [9.17, 15) is 14.4 Å². The Balaban J connectivity index is 1.25. The van der Waals surface area contributed by atoms with Crippen LogP contribution in [0.5, 0.6) is 0 Å². The number of piperidine rings is 1. The first-order chi connectivity index (χ1) is 19.3. The summed E-state index contributed by atoms with van der Waals surface area (Å²) in [7, 11) is 0. The van der Waals surface area contributed by atoms with Crippen molar-refractivity contribution in [1.82, 2.24) is 25.5 Å². The summed E-state index contributed by atoms with van der Waals surface area (Å²) in [6.07, 6.45) is 9.14. The molecule has 3 amide bonds. The number of nitrogens with zero attached hydrogens (tertiary/aromatic N) is 2. The monoisotopic (exact) mass is 549 g/mol. The maximum absolute atomic E-state index is 13.8. The van der Waals surface area contributed by atoms with Crippen LogP contribution in [0.1, 0.15) is 64.6 Å². The normalized spacial score (nSPS) is 26.5. The smallest absolute Gasteiger partial charge is 0.242 e. The Labute approximate surface area is 236 Å². The number of allylic oxidation sites excluding steroid dienone is 2. The summed E-state index contributed by atoms with van der Waals surface area (Å²) < 4.78 is 5.72. The summed E-state index contributed by atoms with van der Waals surface area (Å²) in [6, 6.07) is 7.34. The van der Waals surface area contributed by atoms with Gasteiger partial charge in [0.25, 0.3) is 0 Å². The first-order valence-electron chi connectivity index (χ1n) is 14.9. The van der Waals surface area contributed by atoms with Gasteiger partial charge in [0.2, 0.25) is 17.7 Å². The lowest BCUT2D eigenvalue weighted by Crippen LogP contribution is -2.57. The summed E-state index contributed by atoms with van der Waals surface area (Å²) in [5, 5.41) is 6.38. The molecule has 0 radical (unpaired) electrons. The maximum atomic E-state index is 13.8. The number of likely N-dealkylation sites (tertiary alicyclic amines) is 1. The van der Waals surface area contributed by atoms with E-state index in [0.29, 0.717) is 64.8 Å². The van der Waals surface area contributed by atoms with Crippen molar-refractivity contribution in [1.29, 1.82) is 0 Å². The molecule has 3 N–H and O–H groups in total. The van der Waals surface area contributed by atoms with E-state index in [0.717, 1.165) is 29.7 Å². The van der Waals surface area contributed by atoms with Gasteiger partial charge in [-0.2, -0.15) is 0 Å². The third-order valence-corrected chi connectivity index (χ3v) is 8.81. The molecule has 3 atom stereocenters. The zero-order valence-electron chi connectivity index (χ0n) is 23.8. The van der Waals surface area contributed by atoms with Crippen LogP contribution in [0.15, 0.2) is 36.4 Å². The number of rotatable bonds is 5. The number of benzene rings is 1. The van der Waals surface area contributed by atoms with Gasteiger partial charge in [0, 0.05) is 44.5 Å². The summed E-state index contributed by atoms with van der Waals surface area (Å²) in [6.45, 7) is 6.47. The maximum Gasteiger partial charge on any atom is 0.242 e. The molecule has 9 heteroatoms. The van der Waals surface area contributed by atoms with Crippen LogP contribution in [0.3, 0.4) is 0 Å². The van der Waals surface area contributed by atoms with E-state index in [1.165, 1.54) is 0 Å². The predicted octanol–water partition coefficient (Wildman–Crippen LogP) is 3.51. The summed E-state index contributed by atoms with van der Waals surface area (Å²) in [5.41, 5.74) is 1.24. The van der Waals surface area contributed by atoms with E-state index < -0.39 is 11.5 Å². The Morgan fingerprint density at radius 1 is 1.15 bits per heavy atom. The van der Waals surface area contributed by atoms with Crippen LogP contribution < -0.4 is 10.6 Å². The van der Waals surface area contributed by atoms with E-state index >= 15 is 0 Å². The van der Waals surface area contributed by atoms with Crippen LogP contribution in [0, 0.1) is 17.3 Å². The van der Waals surface area contributed by atoms with Gasteiger partial charge in [-0.1, -0.05) is 38.1 Å². The fourth-order valence-electron chi connectivity index (χ4n) is 6.31. The summed E-state index contributed by atoms with van der Waals surface area (Å²) >= 11 is 0. The van der Waals surface area contributed by atoms with Crippen LogP contribution in [0.25, 0.3) is 11.0 Å². The summed E-state index contributed by atoms with van der Waals surface area (Å²) in [5.74, 6) is 1.21. The molecule has 2 saturated heterocycles. The number of H-pyrrole nitrogens is 1. The number of aromatic amines is 1. The number of aryl methyl sites for hydroxylation is 1. The molecule has 40 heavy (non-hydrogen) atoms. The lowest BCUT2D eigenvalue weighted by Gasteiger charge is -2.41. The van der Waals surface area contributed by atoms with E-state index in [2.05, 4.69) is 46.6 Å². The second kappa shape index (κ2) is 12.5. The molecule has 0 aliphatic carbocycles. The van der Waals surface area contributed by atoms with Crippen LogP contribution in [0.2, 0.25) is 0 Å². The number of aromatic nitrogens is 2. The number of carbonyl (C=O) groups is 3. The van der Waals surface area contributed by atoms with E-state index in [4.69, 9.17) is 4.74 Å². The highest BCUT2D eigenvalue weighted by molar-refractivity contribution is 5.90. The van der Waals surface area contributed by atoms with Crippen molar-refractivity contribution >= 4 is 28.8 Å². The largest absolute Gasteiger partial charge is 0.381 e. The highest BCUT2D eigenvalue weighted by atomic mass is 16.5. The number of hydrogen-bond donors (Lipinski definition) is 3. The molecule has 2 fully saturated rings. The Morgan fingerprint density at radius 3 is 2.73 bits per heavy atom. The van der Waals surface area contributed by atoms with Crippen molar-refractivity contribution in [2.24, 2.45) is 17.3 Å². The number of hydrogen-bond acceptors (Lipinski definition) is 5. The number of amides is 3. The third-order valence-electron chi connectivity index (χ3n) is 8.81. The number of ether oxygens (including phenoxy) is 1. The highest BCUT2D eigenvalue weighted by Crippen LogP contribution is 2.37. The van der Waals surface area contributed by atoms with Gasteiger partial charge in [-0.3, -0.25) is 14.4 Å². The lowest BCUT2D eigenvalue weighted by atomic mass is 9.74. The van der Waals surface area contributed by atoms with Gasteiger partial charge in [0.05, 0.1) is 23.1 Å². The number of imidazole rings is 1. The SMILES string of the molecule is CC(C)C[C@H]1NC(=O)C2(C/C=C/C[C@@H]3COCC[C@@H]3NC1=O)CCN(C(=O)CCc1nc3ccccc3[nH]1)CC2. The van der Waals surface area contributed by atoms with Gasteiger partial charge in [0.1, 0.15) is 11.9 Å². The first-order valence-corrected chi connectivity index (χ1v) is 14.9. The zero-order chi connectivity index (χ0) is 28.1. The molecule has 0 saturated carbocycles. The first kappa shape index (κ1) is 28.3. The zero-order valence-corrected chi connectivity index (χ0v) is 23.8. The number of fused-ring (bicyclic) bond motifs is 2. The van der Waals surface area contributed by atoms with Crippen molar-refractivity contribution in [3.05, 3.63) is 42.2 Å². The standard InChI is InChI=1S/C31H43N5O4/c1-21(2)19-26-29(38)34-23-12-18-40-20-22(23)7-5-6-13-31(30(39)35-26)14-16-36(17-15-31)28(37)11-10-27-32-24-8-3-4-9-25(24)33-27/h3-6,8-9,21-23,26H,7,10-20H2,1-2H3,(H,32,33)(H,34,38)(H,35,39)/b6-5+/t22-,23+,26-/m1/s1. The molecule has 3 aliphatic rings. The van der Waals surface area contributed by atoms with Crippen molar-refractivity contribution in [2.75, 3.05) is 26.3 Å². The van der Waals surface area contributed by atoms with Crippen LogP contribution in [-0.2, 0) is 25.5 Å². The molecule has 9 nitrogen and oxygen atoms in total. The molecule has 1 aromatic carbocycles. The van der Waals surface area contributed by atoms with Crippen molar-refractivity contribution in [3.8, 4) is 0 Å². The quantitative estimate of drug-likeness (QED) is 0.494. The lowest BCUT2D eigenvalue weighted by molar-refractivity contribution is -0.142. The van der Waals surface area contributed by atoms with Gasteiger partial charge in [-0.15, -0.1) is 0 Å². The average Bonchev–Trinajstić information content (AvgIpc) is 3.37. The fraction of sp³-hybridized carbons (Fsp3) is 0.613. The molecular weight excluding hydrogens is 506 g/mol. The number of nitrogens with one attached hydrogen (secondary N) is 3. The molecule has 2 aromatic rings. The average molecular weight is 550 g/mol. The Hall–Kier alpha value is -3.20. The molecule has 1 spiro atoms. The van der Waals surface area contributed by atoms with Crippen LogP contribution >= 0.6 is 0 Å². The second-order valence-electron chi connectivity index (χ2n) is 12.2. The van der Waals surface area contributed by atoms with Gasteiger partial charge in [-0.05, 0) is 56.6 Å². The number of carbonyl (C=O) groups excluding carboxylic acids is 3. The minimum atomic E-state index is -0.636. The van der Waals surface area contributed by atoms with E-state index in [1.54, 1.807) is 0 Å². The molecule has 1 aromatic heterocycles. The van der Waals surface area contributed by atoms with Crippen LogP contribution in [-0.4, -0.2) is 71.0 Å². The fourth-order valence-corrected chi connectivity index (χ4v) is 6.31. The van der Waals surface area contributed by atoms with Gasteiger partial charge in [0.15, 0.2) is 0 Å². The predicted molar refractivity (Wildman–Crippen MR) is 153 cm³/mol. The molecule has 3 aliphatic heterocycles. The minimum absolute atomic E-state index is 0.0552. The highest BCUT2D eigenvalue weighted by Gasteiger charge is 2.43. The molecular formula is C31H43N5O4. The molecule has 4 heterocycles. The van der Waals surface area contributed by atoms with Gasteiger partial charge in [-0.25, -0.2) is 4.98 Å². The topological polar surface area (TPSA) is 116 Å². The second-order valence-corrected chi connectivity index (χ2v) is 12.2. The summed E-state index contributed by atoms with van der Waals surface area (Å²) in [4.78, 5) is 50.1. The van der Waals surface area contributed by atoms with E-state index in [1.807, 2.05) is 29.2 Å². The van der Waals surface area contributed by atoms with Crippen molar-refractivity contribution < 1.29 is 19.1 Å². The van der Waals surface area contributed by atoms with Gasteiger partial charge >= 0.3 is 0 Å².